The number of carbonyl (C=O) groups excluding carboxylic acids is 1. The highest BCUT2D eigenvalue weighted by Crippen LogP contribution is 2.28. The highest BCUT2D eigenvalue weighted by atomic mass is 32.2. The van der Waals surface area contributed by atoms with Gasteiger partial charge in [0.25, 0.3) is 0 Å². The minimum Gasteiger partial charge on any atom is -0.366 e. The van der Waals surface area contributed by atoms with E-state index >= 15 is 0 Å². The molecule has 2 fully saturated rings. The van der Waals surface area contributed by atoms with Crippen LogP contribution in [0.3, 0.4) is 0 Å². The SMILES string of the molecule is Cc1ccc(S(=O)(=O)N[C@H]2CCN3CCCC[C@@H]23)cc1C(N)=O. The number of hydrogen-bond donors (Lipinski definition) is 2. The molecule has 1 aromatic carbocycles. The van der Waals surface area contributed by atoms with E-state index in [1.165, 1.54) is 18.6 Å². The van der Waals surface area contributed by atoms with E-state index < -0.39 is 15.9 Å². The lowest BCUT2D eigenvalue weighted by Gasteiger charge is -2.32. The van der Waals surface area contributed by atoms with Crippen molar-refractivity contribution in [2.75, 3.05) is 13.1 Å². The molecule has 3 N–H and O–H groups in total. The van der Waals surface area contributed by atoms with Gasteiger partial charge in [-0.1, -0.05) is 12.5 Å². The van der Waals surface area contributed by atoms with Gasteiger partial charge in [-0.3, -0.25) is 9.69 Å². The summed E-state index contributed by atoms with van der Waals surface area (Å²) in [6.07, 6.45) is 4.21. The van der Waals surface area contributed by atoms with E-state index in [2.05, 4.69) is 9.62 Å². The lowest BCUT2D eigenvalue weighted by Crippen LogP contribution is -2.46. The third-order valence-corrected chi connectivity index (χ3v) is 6.43. The first-order valence-corrected chi connectivity index (χ1v) is 9.53. The van der Waals surface area contributed by atoms with Gasteiger partial charge in [-0.15, -0.1) is 0 Å². The van der Waals surface area contributed by atoms with Crippen molar-refractivity contribution in [1.82, 2.24) is 9.62 Å². The Balaban J connectivity index is 1.82. The zero-order valence-electron chi connectivity index (χ0n) is 13.3. The van der Waals surface area contributed by atoms with Gasteiger partial charge in [-0.2, -0.15) is 0 Å². The summed E-state index contributed by atoms with van der Waals surface area (Å²) in [5, 5.41) is 0. The maximum Gasteiger partial charge on any atom is 0.249 e. The molecule has 1 aromatic rings. The van der Waals surface area contributed by atoms with Crippen molar-refractivity contribution in [2.45, 2.75) is 49.6 Å². The molecule has 2 saturated heterocycles. The monoisotopic (exact) mass is 337 g/mol. The van der Waals surface area contributed by atoms with E-state index in [-0.39, 0.29) is 16.5 Å². The predicted molar refractivity (Wildman–Crippen MR) is 87.6 cm³/mol. The van der Waals surface area contributed by atoms with Crippen LogP contribution >= 0.6 is 0 Å². The van der Waals surface area contributed by atoms with E-state index in [1.807, 2.05) is 0 Å². The minimum absolute atomic E-state index is 0.0568. The molecule has 0 saturated carbocycles. The number of aryl methyl sites for hydroxylation is 1. The van der Waals surface area contributed by atoms with Gasteiger partial charge in [0.1, 0.15) is 0 Å². The van der Waals surface area contributed by atoms with Crippen LogP contribution in [0.15, 0.2) is 23.1 Å². The number of amides is 1. The Morgan fingerprint density at radius 3 is 2.78 bits per heavy atom. The van der Waals surface area contributed by atoms with Crippen molar-refractivity contribution in [1.29, 1.82) is 0 Å². The van der Waals surface area contributed by atoms with Gasteiger partial charge in [0.05, 0.1) is 4.90 Å². The van der Waals surface area contributed by atoms with E-state index in [1.54, 1.807) is 13.0 Å². The molecular formula is C16H23N3O3S. The summed E-state index contributed by atoms with van der Waals surface area (Å²) in [6.45, 7) is 3.73. The highest BCUT2D eigenvalue weighted by molar-refractivity contribution is 7.89. The molecule has 0 radical (unpaired) electrons. The zero-order valence-corrected chi connectivity index (χ0v) is 14.1. The van der Waals surface area contributed by atoms with E-state index in [0.717, 1.165) is 32.4 Å². The number of nitrogens with one attached hydrogen (secondary N) is 1. The van der Waals surface area contributed by atoms with Crippen molar-refractivity contribution >= 4 is 15.9 Å². The summed E-state index contributed by atoms with van der Waals surface area (Å²) in [5.41, 5.74) is 6.24. The molecular weight excluding hydrogens is 314 g/mol. The van der Waals surface area contributed by atoms with Crippen molar-refractivity contribution in [3.63, 3.8) is 0 Å². The number of carbonyl (C=O) groups is 1. The average molecular weight is 337 g/mol. The quantitative estimate of drug-likeness (QED) is 0.857. The van der Waals surface area contributed by atoms with Crippen molar-refractivity contribution in [3.8, 4) is 0 Å². The second-order valence-corrected chi connectivity index (χ2v) is 8.17. The molecule has 6 nitrogen and oxygen atoms in total. The average Bonchev–Trinajstić information content (AvgIpc) is 2.90. The topological polar surface area (TPSA) is 92.5 Å². The Kier molecular flexibility index (Phi) is 4.44. The molecule has 0 bridgehead atoms. The van der Waals surface area contributed by atoms with Crippen LogP contribution in [0.4, 0.5) is 0 Å². The number of fused-ring (bicyclic) bond motifs is 1. The van der Waals surface area contributed by atoms with Crippen LogP contribution in [0.5, 0.6) is 0 Å². The third-order valence-electron chi connectivity index (χ3n) is 4.95. The molecule has 0 aliphatic carbocycles. The Labute approximate surface area is 137 Å². The lowest BCUT2D eigenvalue weighted by molar-refractivity contribution is 0.0999. The van der Waals surface area contributed by atoms with Crippen LogP contribution < -0.4 is 10.5 Å². The standard InChI is InChI=1S/C16H23N3O3S/c1-11-5-6-12(10-13(11)16(17)20)23(21,22)18-14-7-9-19-8-3-2-4-15(14)19/h5-6,10,14-15,18H,2-4,7-9H2,1H3,(H2,17,20)/t14-,15-/m0/s1. The predicted octanol–water partition coefficient (Wildman–Crippen LogP) is 0.999. The van der Waals surface area contributed by atoms with Gasteiger partial charge in [-0.25, -0.2) is 13.1 Å². The Morgan fingerprint density at radius 1 is 1.26 bits per heavy atom. The van der Waals surface area contributed by atoms with Gasteiger partial charge < -0.3 is 5.73 Å². The number of piperidine rings is 1. The molecule has 126 valence electrons. The molecule has 3 rings (SSSR count). The van der Waals surface area contributed by atoms with Crippen LogP contribution in [0.1, 0.15) is 41.6 Å². The molecule has 0 aromatic heterocycles. The van der Waals surface area contributed by atoms with Crippen LogP contribution in [-0.2, 0) is 10.0 Å². The molecule has 2 atom stereocenters. The second kappa shape index (κ2) is 6.22. The van der Waals surface area contributed by atoms with Crippen LogP contribution in [0.2, 0.25) is 0 Å². The smallest absolute Gasteiger partial charge is 0.249 e. The fraction of sp³-hybridized carbons (Fsp3) is 0.562. The maximum absolute atomic E-state index is 12.7. The number of rotatable bonds is 4. The highest BCUT2D eigenvalue weighted by Gasteiger charge is 2.37. The van der Waals surface area contributed by atoms with Crippen molar-refractivity contribution < 1.29 is 13.2 Å². The largest absolute Gasteiger partial charge is 0.366 e. The number of nitrogens with zero attached hydrogens (tertiary/aromatic N) is 1. The first-order chi connectivity index (χ1) is 10.9. The van der Waals surface area contributed by atoms with E-state index in [0.29, 0.717) is 11.6 Å². The van der Waals surface area contributed by atoms with Gasteiger partial charge in [0.2, 0.25) is 15.9 Å². The van der Waals surface area contributed by atoms with Gasteiger partial charge in [-0.05, 0) is 50.4 Å². The fourth-order valence-electron chi connectivity index (χ4n) is 3.69. The molecule has 2 aliphatic rings. The molecule has 0 spiro atoms. The van der Waals surface area contributed by atoms with Crippen molar-refractivity contribution in [2.24, 2.45) is 5.73 Å². The molecule has 2 aliphatic heterocycles. The van der Waals surface area contributed by atoms with Crippen LogP contribution in [-0.4, -0.2) is 44.4 Å². The van der Waals surface area contributed by atoms with Crippen LogP contribution in [0.25, 0.3) is 0 Å². The van der Waals surface area contributed by atoms with Crippen LogP contribution in [0, 0.1) is 6.92 Å². The summed E-state index contributed by atoms with van der Waals surface area (Å²) < 4.78 is 28.2. The van der Waals surface area contributed by atoms with Gasteiger partial charge in [0, 0.05) is 24.2 Å². The normalized spacial score (nSPS) is 25.3. The molecule has 2 heterocycles. The summed E-state index contributed by atoms with van der Waals surface area (Å²) in [5.74, 6) is -0.612. The Bertz CT molecular complexity index is 717. The number of primary amides is 1. The molecule has 23 heavy (non-hydrogen) atoms. The van der Waals surface area contributed by atoms with Gasteiger partial charge >= 0.3 is 0 Å². The number of hydrogen-bond acceptors (Lipinski definition) is 4. The number of benzene rings is 1. The van der Waals surface area contributed by atoms with E-state index in [4.69, 9.17) is 5.73 Å². The Morgan fingerprint density at radius 2 is 2.04 bits per heavy atom. The lowest BCUT2D eigenvalue weighted by atomic mass is 10.00. The number of nitrogens with two attached hydrogens (primary N) is 1. The zero-order chi connectivity index (χ0) is 16.6. The summed E-state index contributed by atoms with van der Waals surface area (Å²) in [6, 6.07) is 4.75. The summed E-state index contributed by atoms with van der Waals surface area (Å²) in [7, 11) is -3.65. The van der Waals surface area contributed by atoms with Gasteiger partial charge in [0.15, 0.2) is 0 Å². The molecule has 7 heteroatoms. The first kappa shape index (κ1) is 16.4. The first-order valence-electron chi connectivity index (χ1n) is 8.05. The Hall–Kier alpha value is -1.44. The van der Waals surface area contributed by atoms with E-state index in [9.17, 15) is 13.2 Å². The van der Waals surface area contributed by atoms with Crippen molar-refractivity contribution in [3.05, 3.63) is 29.3 Å². The summed E-state index contributed by atoms with van der Waals surface area (Å²) >= 11 is 0. The summed E-state index contributed by atoms with van der Waals surface area (Å²) in [4.78, 5) is 13.9. The maximum atomic E-state index is 12.7. The third kappa shape index (κ3) is 3.27. The minimum atomic E-state index is -3.65. The fourth-order valence-corrected chi connectivity index (χ4v) is 5.02. The molecule has 1 amide bonds. The number of sulfonamides is 1. The molecule has 0 unspecified atom stereocenters. The second-order valence-electron chi connectivity index (χ2n) is 6.46.